The second-order valence-electron chi connectivity index (χ2n) is 3.85. The Hall–Kier alpha value is -1.78. The van der Waals surface area contributed by atoms with E-state index in [4.69, 9.17) is 5.11 Å². The minimum Gasteiger partial charge on any atom is -0.476 e. The molecule has 2 heterocycles. The number of carboxylic acid groups (broad SMARTS) is 1. The van der Waals surface area contributed by atoms with Crippen molar-refractivity contribution in [3.8, 4) is 0 Å². The molecule has 2 rings (SSSR count). The molecular weight excluding hydrogens is 304 g/mol. The summed E-state index contributed by atoms with van der Waals surface area (Å²) in [6, 6.07) is 1.78. The van der Waals surface area contributed by atoms with Crippen LogP contribution in [-0.4, -0.2) is 40.2 Å². The van der Waals surface area contributed by atoms with Gasteiger partial charge in [0.15, 0.2) is 5.69 Å². The Morgan fingerprint density at radius 2 is 2.30 bits per heavy atom. The fourth-order valence-corrected chi connectivity index (χ4v) is 3.71. The molecule has 2 N–H and O–H groups in total. The predicted octanol–water partition coefficient (Wildman–Crippen LogP) is 0.406. The number of carboxylic acids is 1. The lowest BCUT2D eigenvalue weighted by Gasteiger charge is -2.05. The van der Waals surface area contributed by atoms with Crippen LogP contribution in [0.5, 0.6) is 0 Å². The van der Waals surface area contributed by atoms with E-state index in [9.17, 15) is 13.2 Å². The van der Waals surface area contributed by atoms with Crippen molar-refractivity contribution in [1.29, 1.82) is 0 Å². The number of hydrogen-bond donors (Lipinski definition) is 2. The van der Waals surface area contributed by atoms with Gasteiger partial charge in [0.25, 0.3) is 0 Å². The molecule has 2 aromatic rings. The zero-order valence-electron chi connectivity index (χ0n) is 10.3. The highest BCUT2D eigenvalue weighted by atomic mass is 32.2. The zero-order chi connectivity index (χ0) is 14.6. The molecule has 8 nitrogen and oxygen atoms in total. The number of aromatic nitrogens is 3. The van der Waals surface area contributed by atoms with Crippen LogP contribution >= 0.6 is 11.5 Å². The minimum atomic E-state index is -3.85. The van der Waals surface area contributed by atoms with Gasteiger partial charge < -0.3 is 5.11 Å². The van der Waals surface area contributed by atoms with Gasteiger partial charge in [-0.05, 0) is 24.0 Å². The Bertz CT molecular complexity index is 678. The van der Waals surface area contributed by atoms with Crippen LogP contribution in [0.1, 0.15) is 16.9 Å². The van der Waals surface area contributed by atoms with E-state index in [-0.39, 0.29) is 11.4 Å². The molecule has 0 aliphatic carbocycles. The van der Waals surface area contributed by atoms with Crippen molar-refractivity contribution < 1.29 is 18.3 Å². The van der Waals surface area contributed by atoms with Crippen LogP contribution in [0.3, 0.4) is 0 Å². The highest BCUT2D eigenvalue weighted by Gasteiger charge is 2.24. The number of nitrogens with zero attached hydrogens (tertiary/aromatic N) is 3. The van der Waals surface area contributed by atoms with Gasteiger partial charge in [0.05, 0.1) is 0 Å². The highest BCUT2D eigenvalue weighted by Crippen LogP contribution is 2.16. The molecule has 108 valence electrons. The number of hydrogen-bond acceptors (Lipinski definition) is 6. The van der Waals surface area contributed by atoms with Crippen molar-refractivity contribution in [3.05, 3.63) is 29.5 Å². The quantitative estimate of drug-likeness (QED) is 0.715. The third-order valence-corrected chi connectivity index (χ3v) is 4.70. The summed E-state index contributed by atoms with van der Waals surface area (Å²) >= 11 is 0.795. The molecule has 0 amide bonds. The van der Waals surface area contributed by atoms with E-state index >= 15 is 0 Å². The van der Waals surface area contributed by atoms with Crippen molar-refractivity contribution in [2.24, 2.45) is 0 Å². The first-order chi connectivity index (χ1) is 9.50. The van der Waals surface area contributed by atoms with Crippen molar-refractivity contribution >= 4 is 27.5 Å². The Balaban J connectivity index is 1.94. The van der Waals surface area contributed by atoms with Gasteiger partial charge in [-0.15, -0.1) is 0 Å². The zero-order valence-corrected chi connectivity index (χ0v) is 11.9. The fourth-order valence-electron chi connectivity index (χ4n) is 1.52. The number of nitrogens with one attached hydrogen (secondary N) is 1. The second kappa shape index (κ2) is 6.11. The molecule has 0 aliphatic rings. The van der Waals surface area contributed by atoms with Crippen LogP contribution in [0.15, 0.2) is 28.7 Å². The number of carbonyl (C=O) groups is 1. The minimum absolute atomic E-state index is 0.192. The Labute approximate surface area is 119 Å². The predicted molar refractivity (Wildman–Crippen MR) is 71.1 cm³/mol. The van der Waals surface area contributed by atoms with Crippen molar-refractivity contribution in [1.82, 2.24) is 18.9 Å². The van der Waals surface area contributed by atoms with E-state index in [0.29, 0.717) is 13.0 Å². The monoisotopic (exact) mass is 316 g/mol. The maximum absolute atomic E-state index is 11.9. The van der Waals surface area contributed by atoms with Gasteiger partial charge in [0.1, 0.15) is 4.90 Å². The summed E-state index contributed by atoms with van der Waals surface area (Å²) in [6.07, 6.45) is 3.96. The van der Waals surface area contributed by atoms with E-state index < -0.39 is 21.7 Å². The summed E-state index contributed by atoms with van der Waals surface area (Å²) < 4.78 is 31.5. The Morgan fingerprint density at radius 3 is 2.95 bits per heavy atom. The molecule has 0 bridgehead atoms. The van der Waals surface area contributed by atoms with E-state index in [1.807, 2.05) is 0 Å². The van der Waals surface area contributed by atoms with Gasteiger partial charge in [0.2, 0.25) is 10.0 Å². The molecule has 0 spiro atoms. The maximum Gasteiger partial charge on any atom is 0.357 e. The number of rotatable bonds is 7. The van der Waals surface area contributed by atoms with E-state index in [2.05, 4.69) is 14.2 Å². The van der Waals surface area contributed by atoms with Crippen LogP contribution in [0, 0.1) is 0 Å². The first-order valence-electron chi connectivity index (χ1n) is 5.65. The van der Waals surface area contributed by atoms with E-state index in [1.54, 1.807) is 23.1 Å². The van der Waals surface area contributed by atoms with Gasteiger partial charge in [-0.1, -0.05) is 0 Å². The molecule has 0 saturated carbocycles. The average Bonchev–Trinajstić information content (AvgIpc) is 3.05. The van der Waals surface area contributed by atoms with Crippen molar-refractivity contribution in [2.75, 3.05) is 6.54 Å². The number of aromatic carboxylic acids is 1. The molecular formula is C10H12N4O4S2. The van der Waals surface area contributed by atoms with Gasteiger partial charge in [-0.2, -0.15) is 9.47 Å². The molecule has 10 heteroatoms. The maximum atomic E-state index is 11.9. The Kier molecular flexibility index (Phi) is 4.47. The van der Waals surface area contributed by atoms with Gasteiger partial charge in [0, 0.05) is 30.9 Å². The molecule has 0 fully saturated rings. The number of aryl methyl sites for hydroxylation is 1. The molecule has 20 heavy (non-hydrogen) atoms. The van der Waals surface area contributed by atoms with Crippen LogP contribution < -0.4 is 4.72 Å². The summed E-state index contributed by atoms with van der Waals surface area (Å²) in [7, 11) is -3.85. The smallest absolute Gasteiger partial charge is 0.357 e. The average molecular weight is 316 g/mol. The molecule has 0 unspecified atom stereocenters. The van der Waals surface area contributed by atoms with Crippen LogP contribution in [0.4, 0.5) is 0 Å². The standard InChI is InChI=1S/C10H12N4O4S2/c15-10(16)9-8(7-19-13-9)20(17,18)12-4-2-6-14-5-1-3-11-14/h1,3,5,7,12H,2,4,6H2,(H,15,16). The topological polar surface area (TPSA) is 114 Å². The third-order valence-electron chi connectivity index (χ3n) is 2.44. The van der Waals surface area contributed by atoms with Gasteiger partial charge in [-0.3, -0.25) is 4.68 Å². The normalized spacial score (nSPS) is 11.6. The van der Waals surface area contributed by atoms with E-state index in [0.717, 1.165) is 11.5 Å². The summed E-state index contributed by atoms with van der Waals surface area (Å²) in [5.74, 6) is -1.36. The molecule has 0 atom stereocenters. The number of sulfonamides is 1. The van der Waals surface area contributed by atoms with E-state index in [1.165, 1.54) is 5.38 Å². The lowest BCUT2D eigenvalue weighted by Crippen LogP contribution is -2.26. The molecule has 0 saturated heterocycles. The first kappa shape index (κ1) is 14.6. The van der Waals surface area contributed by atoms with Crippen molar-refractivity contribution in [3.63, 3.8) is 0 Å². The lowest BCUT2D eigenvalue weighted by molar-refractivity contribution is 0.0687. The largest absolute Gasteiger partial charge is 0.476 e. The molecule has 0 aromatic carbocycles. The van der Waals surface area contributed by atoms with Crippen LogP contribution in [-0.2, 0) is 16.6 Å². The second-order valence-corrected chi connectivity index (χ2v) is 6.22. The van der Waals surface area contributed by atoms with Crippen LogP contribution in [0.25, 0.3) is 0 Å². The highest BCUT2D eigenvalue weighted by molar-refractivity contribution is 7.89. The summed E-state index contributed by atoms with van der Waals surface area (Å²) in [5.41, 5.74) is -0.449. The molecule has 0 radical (unpaired) electrons. The summed E-state index contributed by atoms with van der Waals surface area (Å²) in [5, 5.41) is 14.1. The third kappa shape index (κ3) is 3.40. The molecule has 0 aliphatic heterocycles. The van der Waals surface area contributed by atoms with Crippen molar-refractivity contribution in [2.45, 2.75) is 17.9 Å². The Morgan fingerprint density at radius 1 is 1.50 bits per heavy atom. The van der Waals surface area contributed by atoms with Gasteiger partial charge >= 0.3 is 5.97 Å². The summed E-state index contributed by atoms with van der Waals surface area (Å²) in [6.45, 7) is 0.764. The lowest BCUT2D eigenvalue weighted by atomic mass is 10.4. The first-order valence-corrected chi connectivity index (χ1v) is 7.97. The van der Waals surface area contributed by atoms with Crippen LogP contribution in [0.2, 0.25) is 0 Å². The summed E-state index contributed by atoms with van der Waals surface area (Å²) in [4.78, 5) is 10.6. The fraction of sp³-hybridized carbons (Fsp3) is 0.300. The molecule has 2 aromatic heterocycles. The SMILES string of the molecule is O=C(O)c1nscc1S(=O)(=O)NCCCn1cccn1. The van der Waals surface area contributed by atoms with Gasteiger partial charge in [-0.25, -0.2) is 17.9 Å².